The number of aromatic amines is 1. The van der Waals surface area contributed by atoms with Crippen molar-refractivity contribution in [1.29, 1.82) is 0 Å². The molecule has 2 heterocycles. The van der Waals surface area contributed by atoms with Crippen LogP contribution in [-0.4, -0.2) is 31.8 Å². The van der Waals surface area contributed by atoms with Crippen LogP contribution >= 0.6 is 11.8 Å². The van der Waals surface area contributed by atoms with Crippen molar-refractivity contribution in [3.8, 4) is 11.4 Å². The molecule has 11 heteroatoms. The summed E-state index contributed by atoms with van der Waals surface area (Å²) >= 11 is 0.666. The summed E-state index contributed by atoms with van der Waals surface area (Å²) in [7, 11) is 0. The second-order valence-electron chi connectivity index (χ2n) is 5.94. The molecule has 7 nitrogen and oxygen atoms in total. The fourth-order valence-corrected chi connectivity index (χ4v) is 3.52. The molecule has 1 N–H and O–H groups in total. The molecule has 2 aromatic carbocycles. The van der Waals surface area contributed by atoms with Crippen LogP contribution in [0.5, 0.6) is 0 Å². The van der Waals surface area contributed by atoms with E-state index in [2.05, 4.69) is 20.6 Å². The zero-order chi connectivity index (χ0) is 20.6. The molecule has 29 heavy (non-hydrogen) atoms. The highest BCUT2D eigenvalue weighted by Gasteiger charge is 2.38. The van der Waals surface area contributed by atoms with E-state index in [4.69, 9.17) is 0 Å². The van der Waals surface area contributed by atoms with Gasteiger partial charge in [0.05, 0.1) is 16.2 Å². The number of nitrogens with one attached hydrogen (secondary N) is 1. The summed E-state index contributed by atoms with van der Waals surface area (Å²) in [4.78, 5) is 25.8. The smallest absolute Gasteiger partial charge is 0.268 e. The van der Waals surface area contributed by atoms with Gasteiger partial charge in [0.15, 0.2) is 5.82 Å². The molecule has 0 atom stereocenters. The summed E-state index contributed by atoms with van der Waals surface area (Å²) < 4.78 is 38.8. The zero-order valence-corrected chi connectivity index (χ0v) is 15.2. The molecule has 1 saturated heterocycles. The van der Waals surface area contributed by atoms with Crippen LogP contribution in [0.15, 0.2) is 53.4 Å². The minimum atomic E-state index is -4.57. The van der Waals surface area contributed by atoms with Crippen LogP contribution < -0.4 is 4.90 Å². The Morgan fingerprint density at radius 2 is 1.83 bits per heavy atom. The topological polar surface area (TPSA) is 91.8 Å². The number of tetrazole rings is 1. The molecule has 146 valence electrons. The molecule has 1 fully saturated rings. The molecule has 2 amide bonds. The van der Waals surface area contributed by atoms with Gasteiger partial charge in [-0.05, 0) is 52.0 Å². The van der Waals surface area contributed by atoms with Crippen molar-refractivity contribution in [2.75, 3.05) is 4.90 Å². The lowest BCUT2D eigenvalue weighted by atomic mass is 10.1. The minimum absolute atomic E-state index is 0.112. The van der Waals surface area contributed by atoms with Crippen LogP contribution in [0, 0.1) is 0 Å². The molecule has 0 unspecified atom stereocenters. The number of alkyl halides is 3. The molecule has 1 aliphatic heterocycles. The molecule has 3 aromatic rings. The molecule has 1 aromatic heterocycles. The second kappa shape index (κ2) is 7.17. The predicted octanol–water partition coefficient (Wildman–Crippen LogP) is 4.13. The summed E-state index contributed by atoms with van der Waals surface area (Å²) in [6, 6.07) is 11.0. The average Bonchev–Trinajstić information content (AvgIpc) is 3.31. The number of aromatic nitrogens is 4. The Bertz CT molecular complexity index is 1110. The van der Waals surface area contributed by atoms with E-state index in [0.29, 0.717) is 23.1 Å². The van der Waals surface area contributed by atoms with Crippen molar-refractivity contribution in [1.82, 2.24) is 20.6 Å². The monoisotopic (exact) mass is 417 g/mol. The van der Waals surface area contributed by atoms with Crippen LogP contribution in [0.1, 0.15) is 11.1 Å². The molecule has 1 aliphatic rings. The number of amides is 2. The van der Waals surface area contributed by atoms with E-state index in [9.17, 15) is 22.8 Å². The largest absolute Gasteiger partial charge is 0.416 e. The first kappa shape index (κ1) is 18.9. The maximum Gasteiger partial charge on any atom is 0.416 e. The first-order valence-corrected chi connectivity index (χ1v) is 8.94. The standard InChI is InChI=1S/C18H10F3N5O2S/c19-18(20,21)12-2-1-3-13(9-12)26-16(27)14(29-17(26)28)8-10-4-6-11(7-5-10)15-22-24-25-23-15/h1-9H,(H,22,23,24,25)/b14-8-. The van der Waals surface area contributed by atoms with Crippen LogP contribution in [0.4, 0.5) is 23.7 Å². The van der Waals surface area contributed by atoms with E-state index in [0.717, 1.165) is 28.7 Å². The average molecular weight is 417 g/mol. The maximum absolute atomic E-state index is 12.9. The highest BCUT2D eigenvalue weighted by Crippen LogP contribution is 2.38. The molecule has 0 spiro atoms. The van der Waals surface area contributed by atoms with E-state index in [-0.39, 0.29) is 10.6 Å². The Morgan fingerprint density at radius 3 is 2.48 bits per heavy atom. The first-order valence-electron chi connectivity index (χ1n) is 8.12. The summed E-state index contributed by atoms with van der Waals surface area (Å²) in [6.07, 6.45) is -3.07. The zero-order valence-electron chi connectivity index (χ0n) is 14.3. The van der Waals surface area contributed by atoms with Crippen molar-refractivity contribution in [2.45, 2.75) is 6.18 Å². The van der Waals surface area contributed by atoms with Crippen LogP contribution in [0.25, 0.3) is 17.5 Å². The highest BCUT2D eigenvalue weighted by atomic mass is 32.2. The van der Waals surface area contributed by atoms with E-state index >= 15 is 0 Å². The van der Waals surface area contributed by atoms with Crippen molar-refractivity contribution in [3.05, 3.63) is 64.6 Å². The summed E-state index contributed by atoms with van der Waals surface area (Å²) in [6.45, 7) is 0. The Labute approximate surface area is 165 Å². The number of nitrogens with zero attached hydrogens (tertiary/aromatic N) is 4. The third kappa shape index (κ3) is 3.76. The lowest BCUT2D eigenvalue weighted by Gasteiger charge is -2.14. The molecular weight excluding hydrogens is 407 g/mol. The lowest BCUT2D eigenvalue weighted by molar-refractivity contribution is -0.137. The number of rotatable bonds is 3. The van der Waals surface area contributed by atoms with Crippen LogP contribution in [0.2, 0.25) is 0 Å². The number of carbonyl (C=O) groups excluding carboxylic acids is 2. The number of imide groups is 1. The van der Waals surface area contributed by atoms with Crippen molar-refractivity contribution < 1.29 is 22.8 Å². The Hall–Kier alpha value is -3.47. The molecule has 0 saturated carbocycles. The fraction of sp³-hybridized carbons (Fsp3) is 0.0556. The number of hydrogen-bond acceptors (Lipinski definition) is 6. The molecular formula is C18H10F3N5O2S. The van der Waals surface area contributed by atoms with E-state index in [1.54, 1.807) is 24.3 Å². The van der Waals surface area contributed by atoms with Gasteiger partial charge in [-0.25, -0.2) is 10.00 Å². The molecule has 0 aliphatic carbocycles. The maximum atomic E-state index is 12.9. The van der Waals surface area contributed by atoms with Gasteiger partial charge in [0.1, 0.15) is 0 Å². The van der Waals surface area contributed by atoms with Crippen molar-refractivity contribution >= 4 is 34.7 Å². The normalized spacial score (nSPS) is 16.1. The summed E-state index contributed by atoms with van der Waals surface area (Å²) in [5.74, 6) is -0.204. The fourth-order valence-electron chi connectivity index (χ4n) is 2.68. The van der Waals surface area contributed by atoms with E-state index < -0.39 is 22.9 Å². The van der Waals surface area contributed by atoms with Gasteiger partial charge in [-0.2, -0.15) is 13.2 Å². The molecule has 0 radical (unpaired) electrons. The number of carbonyl (C=O) groups is 2. The van der Waals surface area contributed by atoms with Gasteiger partial charge >= 0.3 is 6.18 Å². The van der Waals surface area contributed by atoms with Gasteiger partial charge < -0.3 is 0 Å². The number of thioether (sulfide) groups is 1. The van der Waals surface area contributed by atoms with E-state index in [1.807, 2.05) is 0 Å². The molecule has 0 bridgehead atoms. The summed E-state index contributed by atoms with van der Waals surface area (Å²) in [5.41, 5.74) is 0.300. The third-order valence-electron chi connectivity index (χ3n) is 4.05. The SMILES string of the molecule is O=C1S/C(=C\c2ccc(-c3nnn[nH]3)cc2)C(=O)N1c1cccc(C(F)(F)F)c1. The summed E-state index contributed by atoms with van der Waals surface area (Å²) in [5, 5.41) is 12.7. The number of hydrogen-bond donors (Lipinski definition) is 1. The predicted molar refractivity (Wildman–Crippen MR) is 99.5 cm³/mol. The number of H-pyrrole nitrogens is 1. The van der Waals surface area contributed by atoms with Gasteiger partial charge in [-0.1, -0.05) is 30.3 Å². The number of anilines is 1. The van der Waals surface area contributed by atoms with Crippen molar-refractivity contribution in [2.24, 2.45) is 0 Å². The molecule has 4 rings (SSSR count). The van der Waals surface area contributed by atoms with Gasteiger partial charge in [0, 0.05) is 5.56 Å². The Kier molecular flexibility index (Phi) is 4.66. The lowest BCUT2D eigenvalue weighted by Crippen LogP contribution is -2.28. The minimum Gasteiger partial charge on any atom is -0.268 e. The Balaban J connectivity index is 1.60. The second-order valence-corrected chi connectivity index (χ2v) is 6.93. The first-order chi connectivity index (χ1) is 13.8. The highest BCUT2D eigenvalue weighted by molar-refractivity contribution is 8.19. The Morgan fingerprint density at radius 1 is 1.07 bits per heavy atom. The van der Waals surface area contributed by atoms with Gasteiger partial charge in [0.2, 0.25) is 0 Å². The van der Waals surface area contributed by atoms with Crippen LogP contribution in [-0.2, 0) is 11.0 Å². The number of halogens is 3. The van der Waals surface area contributed by atoms with Crippen LogP contribution in [0.3, 0.4) is 0 Å². The van der Waals surface area contributed by atoms with E-state index in [1.165, 1.54) is 12.1 Å². The van der Waals surface area contributed by atoms with Crippen molar-refractivity contribution in [3.63, 3.8) is 0 Å². The van der Waals surface area contributed by atoms with Gasteiger partial charge in [0.25, 0.3) is 11.1 Å². The number of benzene rings is 2. The van der Waals surface area contributed by atoms with Gasteiger partial charge in [-0.15, -0.1) is 5.10 Å². The quantitative estimate of drug-likeness (QED) is 0.645. The van der Waals surface area contributed by atoms with Gasteiger partial charge in [-0.3, -0.25) is 9.59 Å². The third-order valence-corrected chi connectivity index (χ3v) is 4.92.